The van der Waals surface area contributed by atoms with Crippen LogP contribution in [0.15, 0.2) is 42.5 Å². The van der Waals surface area contributed by atoms with Crippen LogP contribution in [0.4, 0.5) is 0 Å². The Bertz CT molecular complexity index is 670. The molecule has 0 fully saturated rings. The Balaban J connectivity index is 1.89. The summed E-state index contributed by atoms with van der Waals surface area (Å²) in [6, 6.07) is 12.6. The number of benzene rings is 2. The lowest BCUT2D eigenvalue weighted by atomic mass is 10.1. The minimum Gasteiger partial charge on any atom is -0.497 e. The summed E-state index contributed by atoms with van der Waals surface area (Å²) in [5.74, 6) is 0.545. The van der Waals surface area contributed by atoms with Crippen LogP contribution in [0.3, 0.4) is 0 Å². The summed E-state index contributed by atoms with van der Waals surface area (Å²) in [7, 11) is 1.61. The van der Waals surface area contributed by atoms with Crippen LogP contribution in [0.2, 0.25) is 5.02 Å². The van der Waals surface area contributed by atoms with E-state index < -0.39 is 6.10 Å². The Morgan fingerprint density at radius 3 is 2.61 bits per heavy atom. The van der Waals surface area contributed by atoms with E-state index in [0.29, 0.717) is 17.1 Å². The van der Waals surface area contributed by atoms with Gasteiger partial charge in [0.05, 0.1) is 19.6 Å². The van der Waals surface area contributed by atoms with Gasteiger partial charge >= 0.3 is 0 Å². The SMILES string of the molecule is COc1cc(C)cc(CNC(=O)CC(O)c2ccc(Cl)cc2)c1. The summed E-state index contributed by atoms with van der Waals surface area (Å²) in [5.41, 5.74) is 2.69. The molecule has 1 amide bonds. The highest BCUT2D eigenvalue weighted by Gasteiger charge is 2.13. The molecule has 0 saturated carbocycles. The van der Waals surface area contributed by atoms with Crippen molar-refractivity contribution < 1.29 is 14.6 Å². The van der Waals surface area contributed by atoms with E-state index in [1.165, 1.54) is 0 Å². The van der Waals surface area contributed by atoms with Crippen LogP contribution in [0.25, 0.3) is 0 Å². The third kappa shape index (κ3) is 5.27. The average molecular weight is 334 g/mol. The molecule has 0 heterocycles. The molecule has 2 aromatic carbocycles. The molecular weight excluding hydrogens is 314 g/mol. The number of hydrogen-bond donors (Lipinski definition) is 2. The predicted molar refractivity (Wildman–Crippen MR) is 90.6 cm³/mol. The highest BCUT2D eigenvalue weighted by atomic mass is 35.5. The second kappa shape index (κ2) is 7.99. The quantitative estimate of drug-likeness (QED) is 0.851. The molecule has 0 bridgehead atoms. The van der Waals surface area contributed by atoms with Crippen molar-refractivity contribution in [2.75, 3.05) is 7.11 Å². The predicted octanol–water partition coefficient (Wildman–Crippen LogP) is 3.40. The summed E-state index contributed by atoms with van der Waals surface area (Å²) in [6.07, 6.45) is -0.843. The van der Waals surface area contributed by atoms with Crippen molar-refractivity contribution in [3.05, 3.63) is 64.2 Å². The van der Waals surface area contributed by atoms with E-state index in [-0.39, 0.29) is 12.3 Å². The Kier molecular flexibility index (Phi) is 6.02. The van der Waals surface area contributed by atoms with Crippen LogP contribution in [0, 0.1) is 6.92 Å². The fourth-order valence-electron chi connectivity index (χ4n) is 2.30. The molecule has 1 unspecified atom stereocenters. The van der Waals surface area contributed by atoms with E-state index in [0.717, 1.165) is 16.9 Å². The zero-order chi connectivity index (χ0) is 16.8. The van der Waals surface area contributed by atoms with Crippen molar-refractivity contribution in [2.45, 2.75) is 26.0 Å². The molecule has 0 saturated heterocycles. The van der Waals surface area contributed by atoms with E-state index in [2.05, 4.69) is 5.32 Å². The second-order valence-electron chi connectivity index (χ2n) is 5.41. The molecule has 0 radical (unpaired) electrons. The van der Waals surface area contributed by atoms with Gasteiger partial charge in [0.15, 0.2) is 0 Å². The number of carbonyl (C=O) groups excluding carboxylic acids is 1. The van der Waals surface area contributed by atoms with Crippen molar-refractivity contribution in [3.8, 4) is 5.75 Å². The number of ether oxygens (including phenoxy) is 1. The number of amides is 1. The molecule has 1 atom stereocenters. The molecular formula is C18H20ClNO3. The van der Waals surface area contributed by atoms with Gasteiger partial charge in [-0.25, -0.2) is 0 Å². The zero-order valence-electron chi connectivity index (χ0n) is 13.2. The van der Waals surface area contributed by atoms with Crippen molar-refractivity contribution in [1.82, 2.24) is 5.32 Å². The van der Waals surface area contributed by atoms with E-state index >= 15 is 0 Å². The first-order valence-electron chi connectivity index (χ1n) is 7.32. The first kappa shape index (κ1) is 17.3. The van der Waals surface area contributed by atoms with Crippen LogP contribution in [0.1, 0.15) is 29.2 Å². The van der Waals surface area contributed by atoms with Gasteiger partial charge in [0.25, 0.3) is 0 Å². The van der Waals surface area contributed by atoms with Crippen LogP contribution in [0.5, 0.6) is 5.75 Å². The van der Waals surface area contributed by atoms with Crippen LogP contribution >= 0.6 is 11.6 Å². The molecule has 2 aromatic rings. The highest BCUT2D eigenvalue weighted by Crippen LogP contribution is 2.19. The number of nitrogens with one attached hydrogen (secondary N) is 1. The van der Waals surface area contributed by atoms with Crippen LogP contribution in [-0.4, -0.2) is 18.1 Å². The molecule has 0 spiro atoms. The van der Waals surface area contributed by atoms with Gasteiger partial charge < -0.3 is 15.2 Å². The summed E-state index contributed by atoms with van der Waals surface area (Å²) in [6.45, 7) is 2.36. The third-order valence-corrected chi connectivity index (χ3v) is 3.72. The number of carbonyl (C=O) groups is 1. The molecule has 2 rings (SSSR count). The van der Waals surface area contributed by atoms with Gasteiger partial charge in [-0.05, 0) is 47.9 Å². The maximum Gasteiger partial charge on any atom is 0.223 e. The average Bonchev–Trinajstić information content (AvgIpc) is 2.53. The normalized spacial score (nSPS) is 11.8. The van der Waals surface area contributed by atoms with Crippen LogP contribution in [-0.2, 0) is 11.3 Å². The van der Waals surface area contributed by atoms with Crippen molar-refractivity contribution >= 4 is 17.5 Å². The van der Waals surface area contributed by atoms with E-state index in [1.807, 2.05) is 25.1 Å². The number of hydrogen-bond acceptors (Lipinski definition) is 3. The lowest BCUT2D eigenvalue weighted by Gasteiger charge is -2.12. The molecule has 0 aromatic heterocycles. The molecule has 5 heteroatoms. The van der Waals surface area contributed by atoms with Gasteiger partial charge in [-0.1, -0.05) is 29.8 Å². The van der Waals surface area contributed by atoms with E-state index in [9.17, 15) is 9.90 Å². The highest BCUT2D eigenvalue weighted by molar-refractivity contribution is 6.30. The maximum atomic E-state index is 12.0. The number of methoxy groups -OCH3 is 1. The number of aliphatic hydroxyl groups excluding tert-OH is 1. The minimum atomic E-state index is -0.848. The first-order valence-corrected chi connectivity index (χ1v) is 7.70. The first-order chi connectivity index (χ1) is 11.0. The molecule has 0 aliphatic carbocycles. The van der Waals surface area contributed by atoms with Crippen LogP contribution < -0.4 is 10.1 Å². The number of aliphatic hydroxyl groups is 1. The molecule has 2 N–H and O–H groups in total. The lowest BCUT2D eigenvalue weighted by Crippen LogP contribution is -2.24. The Hall–Kier alpha value is -2.04. The summed E-state index contributed by atoms with van der Waals surface area (Å²) < 4.78 is 5.21. The standard InChI is InChI=1S/C18H20ClNO3/c1-12-7-13(9-16(8-12)23-2)11-20-18(22)10-17(21)14-3-5-15(19)6-4-14/h3-9,17,21H,10-11H2,1-2H3,(H,20,22). The fourth-order valence-corrected chi connectivity index (χ4v) is 2.42. The van der Waals surface area contributed by atoms with E-state index in [1.54, 1.807) is 31.4 Å². The lowest BCUT2D eigenvalue weighted by molar-refractivity contribution is -0.123. The summed E-state index contributed by atoms with van der Waals surface area (Å²) >= 11 is 5.81. The van der Waals surface area contributed by atoms with Crippen molar-refractivity contribution in [1.29, 1.82) is 0 Å². The van der Waals surface area contributed by atoms with Gasteiger partial charge in [-0.3, -0.25) is 4.79 Å². The monoisotopic (exact) mass is 333 g/mol. The van der Waals surface area contributed by atoms with Gasteiger partial charge in [0.1, 0.15) is 5.75 Å². The van der Waals surface area contributed by atoms with Gasteiger partial charge in [0, 0.05) is 11.6 Å². The molecule has 0 aliphatic heterocycles. The van der Waals surface area contributed by atoms with Gasteiger partial charge in [0.2, 0.25) is 5.91 Å². The largest absolute Gasteiger partial charge is 0.497 e. The summed E-state index contributed by atoms with van der Waals surface area (Å²) in [5, 5.41) is 13.5. The smallest absolute Gasteiger partial charge is 0.223 e. The van der Waals surface area contributed by atoms with E-state index in [4.69, 9.17) is 16.3 Å². The number of rotatable bonds is 6. The van der Waals surface area contributed by atoms with Gasteiger partial charge in [-0.15, -0.1) is 0 Å². The third-order valence-electron chi connectivity index (χ3n) is 3.47. The zero-order valence-corrected chi connectivity index (χ0v) is 13.9. The number of halogens is 1. The fraction of sp³-hybridized carbons (Fsp3) is 0.278. The summed E-state index contributed by atoms with van der Waals surface area (Å²) in [4.78, 5) is 12.0. The van der Waals surface area contributed by atoms with Gasteiger partial charge in [-0.2, -0.15) is 0 Å². The second-order valence-corrected chi connectivity index (χ2v) is 5.84. The van der Waals surface area contributed by atoms with Crippen molar-refractivity contribution in [3.63, 3.8) is 0 Å². The molecule has 4 nitrogen and oxygen atoms in total. The molecule has 23 heavy (non-hydrogen) atoms. The number of aryl methyl sites for hydroxylation is 1. The molecule has 122 valence electrons. The maximum absolute atomic E-state index is 12.0. The molecule has 0 aliphatic rings. The van der Waals surface area contributed by atoms with Crippen molar-refractivity contribution in [2.24, 2.45) is 0 Å². The Morgan fingerprint density at radius 2 is 1.96 bits per heavy atom. The Morgan fingerprint density at radius 1 is 1.26 bits per heavy atom. The minimum absolute atomic E-state index is 0.00455. The topological polar surface area (TPSA) is 58.6 Å². The Labute approximate surface area is 141 Å².